The van der Waals surface area contributed by atoms with Gasteiger partial charge in [-0.15, -0.1) is 6.58 Å². The summed E-state index contributed by atoms with van der Waals surface area (Å²) in [5.74, 6) is 0. The van der Waals surface area contributed by atoms with E-state index < -0.39 is 9.53 Å². The van der Waals surface area contributed by atoms with E-state index in [2.05, 4.69) is 11.0 Å². The van der Waals surface area contributed by atoms with Crippen molar-refractivity contribution in [2.24, 2.45) is 0 Å². The Morgan fingerprint density at radius 3 is 2.43 bits per heavy atom. The van der Waals surface area contributed by atoms with E-state index in [1.165, 1.54) is 6.08 Å². The minimum absolute atomic E-state index is 0.226. The third-order valence-corrected chi connectivity index (χ3v) is 0.854. The van der Waals surface area contributed by atoms with E-state index >= 15 is 0 Å². The average Bonchev–Trinajstić information content (AvgIpc) is 1.61. The van der Waals surface area contributed by atoms with Crippen LogP contribution in [0.15, 0.2) is 12.7 Å². The lowest BCUT2D eigenvalue weighted by molar-refractivity contribution is 0.207. The third-order valence-electron chi connectivity index (χ3n) is 0.363. The summed E-state index contributed by atoms with van der Waals surface area (Å²) < 4.78 is 4.32. The monoisotopic (exact) mass is 120 g/mol. The molecule has 0 aliphatic carbocycles. The summed E-state index contributed by atoms with van der Waals surface area (Å²) in [7, 11) is -2.76. The predicted octanol–water partition coefficient (Wildman–Crippen LogP) is -1.11. The summed E-state index contributed by atoms with van der Waals surface area (Å²) in [6.45, 7) is 3.53. The van der Waals surface area contributed by atoms with Gasteiger partial charge in [0.1, 0.15) is 0 Å². The van der Waals surface area contributed by atoms with Gasteiger partial charge < -0.3 is 14.0 Å². The molecule has 3 nitrogen and oxygen atoms in total. The molecule has 0 aromatic carbocycles. The Morgan fingerprint density at radius 2 is 2.29 bits per heavy atom. The molecule has 2 N–H and O–H groups in total. The van der Waals surface area contributed by atoms with Gasteiger partial charge in [-0.25, -0.2) is 0 Å². The Bertz CT molecular complexity index is 54.1. The molecule has 7 heavy (non-hydrogen) atoms. The van der Waals surface area contributed by atoms with Crippen LogP contribution in [0.5, 0.6) is 0 Å². The van der Waals surface area contributed by atoms with Crippen molar-refractivity contribution >= 4 is 9.53 Å². The maximum Gasteiger partial charge on any atom is 0.479 e. The fraction of sp³-hybridized carbons (Fsp3) is 0.333. The van der Waals surface area contributed by atoms with Crippen molar-refractivity contribution in [3.8, 4) is 0 Å². The van der Waals surface area contributed by atoms with Gasteiger partial charge in [0.05, 0.1) is 6.61 Å². The van der Waals surface area contributed by atoms with E-state index in [4.69, 9.17) is 9.59 Å². The summed E-state index contributed by atoms with van der Waals surface area (Å²) in [5, 5.41) is 0. The van der Waals surface area contributed by atoms with Crippen LogP contribution < -0.4 is 0 Å². The van der Waals surface area contributed by atoms with Gasteiger partial charge in [-0.2, -0.15) is 0 Å². The Morgan fingerprint density at radius 1 is 1.71 bits per heavy atom. The van der Waals surface area contributed by atoms with Crippen LogP contribution in [0.3, 0.4) is 0 Å². The topological polar surface area (TPSA) is 49.7 Å². The Labute approximate surface area is 43.8 Å². The molecule has 42 valence electrons. The standard InChI is InChI=1S/C3H8O3Si/c1-2-3-6-7(4)5/h2,4-5,7H,1,3H2. The molecule has 0 saturated heterocycles. The second kappa shape index (κ2) is 4.01. The molecule has 0 heterocycles. The summed E-state index contributed by atoms with van der Waals surface area (Å²) in [6.07, 6.45) is 1.46. The highest BCUT2D eigenvalue weighted by Crippen LogP contribution is 1.73. The van der Waals surface area contributed by atoms with Crippen molar-refractivity contribution in [2.75, 3.05) is 6.61 Å². The number of rotatable bonds is 3. The Kier molecular flexibility index (Phi) is 3.91. The highest BCUT2D eigenvalue weighted by molar-refractivity contribution is 6.32. The van der Waals surface area contributed by atoms with Crippen molar-refractivity contribution in [3.05, 3.63) is 12.7 Å². The zero-order valence-corrected chi connectivity index (χ0v) is 5.03. The van der Waals surface area contributed by atoms with Gasteiger partial charge in [-0.05, 0) is 0 Å². The highest BCUT2D eigenvalue weighted by Gasteiger charge is 1.96. The molecule has 0 fully saturated rings. The van der Waals surface area contributed by atoms with Crippen molar-refractivity contribution < 1.29 is 14.0 Å². The van der Waals surface area contributed by atoms with Gasteiger partial charge in [-0.3, -0.25) is 0 Å². The van der Waals surface area contributed by atoms with Crippen molar-refractivity contribution in [1.82, 2.24) is 0 Å². The van der Waals surface area contributed by atoms with E-state index in [9.17, 15) is 0 Å². The lowest BCUT2D eigenvalue weighted by atomic mass is 10.7. The molecule has 0 spiro atoms. The van der Waals surface area contributed by atoms with Crippen LogP contribution >= 0.6 is 0 Å². The first-order valence-corrected chi connectivity index (χ1v) is 3.36. The second-order valence-corrected chi connectivity index (χ2v) is 1.93. The minimum Gasteiger partial charge on any atom is -0.392 e. The van der Waals surface area contributed by atoms with Crippen LogP contribution in [0.1, 0.15) is 0 Å². The molecule has 0 unspecified atom stereocenters. The summed E-state index contributed by atoms with van der Waals surface area (Å²) >= 11 is 0. The van der Waals surface area contributed by atoms with Crippen LogP contribution in [0, 0.1) is 0 Å². The van der Waals surface area contributed by atoms with Gasteiger partial charge in [0.2, 0.25) is 0 Å². The van der Waals surface area contributed by atoms with Crippen LogP contribution in [0.25, 0.3) is 0 Å². The molecular formula is C3H8O3Si. The van der Waals surface area contributed by atoms with Crippen molar-refractivity contribution in [1.29, 1.82) is 0 Å². The lowest BCUT2D eigenvalue weighted by Crippen LogP contribution is -2.16. The first-order chi connectivity index (χ1) is 3.27. The molecular weight excluding hydrogens is 112 g/mol. The molecule has 0 amide bonds. The first kappa shape index (κ1) is 6.84. The largest absolute Gasteiger partial charge is 0.479 e. The quantitative estimate of drug-likeness (QED) is 0.367. The summed E-state index contributed by atoms with van der Waals surface area (Å²) in [5.41, 5.74) is 0. The maximum absolute atomic E-state index is 8.11. The highest BCUT2D eigenvalue weighted by atomic mass is 28.3. The zero-order valence-electron chi connectivity index (χ0n) is 3.87. The predicted molar refractivity (Wildman–Crippen MR) is 27.7 cm³/mol. The second-order valence-electron chi connectivity index (χ2n) is 0.948. The number of hydrogen-bond acceptors (Lipinski definition) is 3. The molecule has 0 bridgehead atoms. The van der Waals surface area contributed by atoms with Gasteiger partial charge in [-0.1, -0.05) is 6.08 Å². The molecule has 0 aromatic rings. The van der Waals surface area contributed by atoms with Crippen molar-refractivity contribution in [3.63, 3.8) is 0 Å². The van der Waals surface area contributed by atoms with Crippen LogP contribution in [-0.2, 0) is 4.43 Å². The van der Waals surface area contributed by atoms with Gasteiger partial charge in [0.25, 0.3) is 0 Å². The van der Waals surface area contributed by atoms with E-state index in [0.29, 0.717) is 0 Å². The first-order valence-electron chi connectivity index (χ1n) is 1.86. The molecule has 0 aliphatic heterocycles. The van der Waals surface area contributed by atoms with Crippen LogP contribution in [-0.4, -0.2) is 25.7 Å². The summed E-state index contributed by atoms with van der Waals surface area (Å²) in [6, 6.07) is 0. The van der Waals surface area contributed by atoms with Crippen molar-refractivity contribution in [2.45, 2.75) is 0 Å². The Balaban J connectivity index is 2.81. The van der Waals surface area contributed by atoms with E-state index in [1.807, 2.05) is 0 Å². The van der Waals surface area contributed by atoms with Crippen LogP contribution in [0.2, 0.25) is 0 Å². The van der Waals surface area contributed by atoms with E-state index in [0.717, 1.165) is 0 Å². The molecule has 0 aliphatic rings. The fourth-order valence-corrected chi connectivity index (χ4v) is 0.462. The van der Waals surface area contributed by atoms with E-state index in [-0.39, 0.29) is 6.61 Å². The molecule has 4 heteroatoms. The normalized spacial score (nSPS) is 9.57. The van der Waals surface area contributed by atoms with E-state index in [1.54, 1.807) is 0 Å². The molecule has 0 atom stereocenters. The molecule has 0 rings (SSSR count). The zero-order chi connectivity index (χ0) is 5.70. The van der Waals surface area contributed by atoms with Gasteiger partial charge in [0, 0.05) is 0 Å². The SMILES string of the molecule is C=CCO[SiH](O)O. The van der Waals surface area contributed by atoms with Gasteiger partial charge >= 0.3 is 9.53 Å². The smallest absolute Gasteiger partial charge is 0.392 e. The van der Waals surface area contributed by atoms with Crippen LogP contribution in [0.4, 0.5) is 0 Å². The lowest BCUT2D eigenvalue weighted by Gasteiger charge is -1.95. The summed E-state index contributed by atoms with van der Waals surface area (Å²) in [4.78, 5) is 16.2. The van der Waals surface area contributed by atoms with Gasteiger partial charge in [0.15, 0.2) is 0 Å². The number of hydrogen-bond donors (Lipinski definition) is 2. The molecule has 0 radical (unpaired) electrons. The minimum atomic E-state index is -2.76. The Hall–Kier alpha value is -0.163. The fourth-order valence-electron chi connectivity index (χ4n) is 0.154. The third kappa shape index (κ3) is 5.84. The average molecular weight is 120 g/mol. The molecule has 0 aromatic heterocycles. The molecule has 0 saturated carbocycles. The maximum atomic E-state index is 8.11.